The largest absolute Gasteiger partial charge is 0.343 e. The fraction of sp³-hybridized carbons (Fsp3) is 0.167. The Labute approximate surface area is 109 Å². The number of carbonyl (C=O) groups excluding carboxylic acids is 2. The van der Waals surface area contributed by atoms with Crippen molar-refractivity contribution in [3.8, 4) is 0 Å². The van der Waals surface area contributed by atoms with Gasteiger partial charge in [0.05, 0.1) is 6.54 Å². The zero-order chi connectivity index (χ0) is 13.7. The fourth-order valence-corrected chi connectivity index (χ4v) is 1.53. The van der Waals surface area contributed by atoms with Crippen molar-refractivity contribution in [1.29, 1.82) is 0 Å². The Kier molecular flexibility index (Phi) is 3.87. The van der Waals surface area contributed by atoms with Gasteiger partial charge in [-0.25, -0.2) is 5.10 Å². The molecule has 0 aliphatic carbocycles. The number of carbonyl (C=O) groups is 2. The number of nitrogens with zero attached hydrogens (tertiary/aromatic N) is 2. The Bertz CT molecular complexity index is 580. The Morgan fingerprint density at radius 2 is 2.11 bits per heavy atom. The monoisotopic (exact) mass is 259 g/mol. The molecule has 2 aromatic rings. The topological polar surface area (TPSA) is 99.8 Å². The smallest absolute Gasteiger partial charge is 0.251 e. The molecule has 1 aromatic heterocycles. The Morgan fingerprint density at radius 1 is 1.32 bits per heavy atom. The van der Waals surface area contributed by atoms with Crippen molar-refractivity contribution in [2.45, 2.75) is 6.92 Å². The van der Waals surface area contributed by atoms with Crippen LogP contribution in [0.5, 0.6) is 0 Å². The number of hydrogen-bond acceptors (Lipinski definition) is 4. The first-order valence-corrected chi connectivity index (χ1v) is 5.66. The highest BCUT2D eigenvalue weighted by atomic mass is 16.2. The molecule has 1 heterocycles. The lowest BCUT2D eigenvalue weighted by atomic mass is 10.1. The number of benzene rings is 1. The maximum atomic E-state index is 11.8. The third kappa shape index (κ3) is 3.38. The third-order valence-electron chi connectivity index (χ3n) is 2.47. The first-order chi connectivity index (χ1) is 9.16. The summed E-state index contributed by atoms with van der Waals surface area (Å²) >= 11 is 0. The molecule has 2 amide bonds. The van der Waals surface area contributed by atoms with Crippen LogP contribution in [0.15, 0.2) is 30.6 Å². The molecule has 1 aromatic carbocycles. The predicted molar refractivity (Wildman–Crippen MR) is 68.5 cm³/mol. The van der Waals surface area contributed by atoms with Gasteiger partial charge in [0.25, 0.3) is 5.91 Å². The molecule has 0 bridgehead atoms. The molecule has 0 saturated carbocycles. The van der Waals surface area contributed by atoms with E-state index in [4.69, 9.17) is 0 Å². The van der Waals surface area contributed by atoms with Crippen molar-refractivity contribution in [2.24, 2.45) is 0 Å². The van der Waals surface area contributed by atoms with Gasteiger partial charge in [-0.1, -0.05) is 18.2 Å². The number of H-pyrrole nitrogens is 1. The van der Waals surface area contributed by atoms with Crippen molar-refractivity contribution < 1.29 is 9.59 Å². The van der Waals surface area contributed by atoms with E-state index >= 15 is 0 Å². The summed E-state index contributed by atoms with van der Waals surface area (Å²) in [6.45, 7) is 1.71. The van der Waals surface area contributed by atoms with Crippen LogP contribution in [0.4, 0.5) is 5.95 Å². The third-order valence-corrected chi connectivity index (χ3v) is 2.47. The lowest BCUT2D eigenvalue weighted by Crippen LogP contribution is -2.33. The second-order valence-electron chi connectivity index (χ2n) is 3.88. The van der Waals surface area contributed by atoms with Gasteiger partial charge in [-0.3, -0.25) is 14.9 Å². The van der Waals surface area contributed by atoms with Crippen molar-refractivity contribution in [1.82, 2.24) is 20.5 Å². The number of anilines is 1. The summed E-state index contributed by atoms with van der Waals surface area (Å²) in [5.74, 6) is -0.417. The maximum absolute atomic E-state index is 11.8. The molecule has 2 rings (SSSR count). The number of amides is 2. The van der Waals surface area contributed by atoms with Gasteiger partial charge in [-0.15, -0.1) is 0 Å². The minimum Gasteiger partial charge on any atom is -0.343 e. The number of nitrogens with one attached hydrogen (secondary N) is 3. The quantitative estimate of drug-likeness (QED) is 0.743. The molecule has 7 heteroatoms. The van der Waals surface area contributed by atoms with E-state index in [1.54, 1.807) is 12.1 Å². The highest BCUT2D eigenvalue weighted by molar-refractivity contribution is 5.99. The zero-order valence-corrected chi connectivity index (χ0v) is 10.3. The molecule has 0 aliphatic rings. The summed E-state index contributed by atoms with van der Waals surface area (Å²) < 4.78 is 0. The molecule has 3 N–H and O–H groups in total. The lowest BCUT2D eigenvalue weighted by molar-refractivity contribution is -0.115. The van der Waals surface area contributed by atoms with Gasteiger partial charge in [-0.2, -0.15) is 10.1 Å². The summed E-state index contributed by atoms with van der Waals surface area (Å²) in [5.41, 5.74) is 1.41. The van der Waals surface area contributed by atoms with Gasteiger partial charge in [0.2, 0.25) is 11.9 Å². The molecular weight excluding hydrogens is 246 g/mol. The van der Waals surface area contributed by atoms with Crippen molar-refractivity contribution in [3.05, 3.63) is 41.7 Å². The fourth-order valence-electron chi connectivity index (χ4n) is 1.53. The predicted octanol–water partition coefficient (Wildman–Crippen LogP) is 0.482. The van der Waals surface area contributed by atoms with Gasteiger partial charge in [0.1, 0.15) is 6.33 Å². The van der Waals surface area contributed by atoms with E-state index in [0.29, 0.717) is 5.56 Å². The highest BCUT2D eigenvalue weighted by Gasteiger charge is 2.10. The molecule has 0 aliphatic heterocycles. The van der Waals surface area contributed by atoms with Crippen LogP contribution in [0.1, 0.15) is 15.9 Å². The van der Waals surface area contributed by atoms with Gasteiger partial charge >= 0.3 is 0 Å². The first-order valence-electron chi connectivity index (χ1n) is 5.66. The maximum Gasteiger partial charge on any atom is 0.251 e. The van der Waals surface area contributed by atoms with Gasteiger partial charge < -0.3 is 5.32 Å². The van der Waals surface area contributed by atoms with Gasteiger partial charge in [0, 0.05) is 5.56 Å². The number of aromatic amines is 1. The van der Waals surface area contributed by atoms with E-state index in [1.165, 1.54) is 6.33 Å². The Balaban J connectivity index is 1.87. The second-order valence-corrected chi connectivity index (χ2v) is 3.88. The van der Waals surface area contributed by atoms with E-state index < -0.39 is 0 Å². The molecular formula is C12H13N5O2. The molecule has 0 atom stereocenters. The Hall–Kier alpha value is -2.70. The minimum atomic E-state index is -0.376. The SMILES string of the molecule is Cc1ccccc1C(=O)NCC(=O)Nc1ncn[nH]1. The van der Waals surface area contributed by atoms with E-state index in [1.807, 2.05) is 19.1 Å². The standard InChI is InChI=1S/C12H13N5O2/c1-8-4-2-3-5-9(8)11(19)13-6-10(18)16-12-14-7-15-17-12/h2-5,7H,6H2,1H3,(H,13,19)(H2,14,15,16,17,18). The first kappa shape index (κ1) is 12.7. The summed E-state index contributed by atoms with van der Waals surface area (Å²) in [4.78, 5) is 27.1. The molecule has 0 saturated heterocycles. The van der Waals surface area contributed by atoms with Crippen molar-refractivity contribution in [2.75, 3.05) is 11.9 Å². The molecule has 7 nitrogen and oxygen atoms in total. The van der Waals surface area contributed by atoms with Crippen LogP contribution < -0.4 is 10.6 Å². The molecule has 0 radical (unpaired) electrons. The molecule has 0 fully saturated rings. The highest BCUT2D eigenvalue weighted by Crippen LogP contribution is 2.06. The Morgan fingerprint density at radius 3 is 2.79 bits per heavy atom. The summed E-state index contributed by atoms with van der Waals surface area (Å²) in [6, 6.07) is 7.17. The second kappa shape index (κ2) is 5.76. The lowest BCUT2D eigenvalue weighted by Gasteiger charge is -2.07. The number of rotatable bonds is 4. The average molecular weight is 259 g/mol. The normalized spacial score (nSPS) is 9.95. The van der Waals surface area contributed by atoms with Crippen LogP contribution in [0, 0.1) is 6.92 Å². The molecule has 0 spiro atoms. The number of aryl methyl sites for hydroxylation is 1. The summed E-state index contributed by atoms with van der Waals surface area (Å²) in [7, 11) is 0. The van der Waals surface area contributed by atoms with Crippen molar-refractivity contribution in [3.63, 3.8) is 0 Å². The van der Waals surface area contributed by atoms with Crippen LogP contribution in [0.2, 0.25) is 0 Å². The van der Waals surface area contributed by atoms with E-state index in [-0.39, 0.29) is 24.3 Å². The number of hydrogen-bond donors (Lipinski definition) is 3. The molecule has 0 unspecified atom stereocenters. The minimum absolute atomic E-state index is 0.131. The summed E-state index contributed by atoms with van der Waals surface area (Å²) in [5, 5.41) is 11.1. The van der Waals surface area contributed by atoms with Crippen LogP contribution in [0.25, 0.3) is 0 Å². The van der Waals surface area contributed by atoms with Crippen LogP contribution in [-0.4, -0.2) is 33.5 Å². The van der Waals surface area contributed by atoms with Crippen LogP contribution >= 0.6 is 0 Å². The van der Waals surface area contributed by atoms with E-state index in [9.17, 15) is 9.59 Å². The zero-order valence-electron chi connectivity index (χ0n) is 10.3. The molecule has 98 valence electrons. The molecule has 19 heavy (non-hydrogen) atoms. The van der Waals surface area contributed by atoms with E-state index in [2.05, 4.69) is 25.8 Å². The summed E-state index contributed by atoms with van der Waals surface area (Å²) in [6.07, 6.45) is 1.28. The number of aromatic nitrogens is 3. The average Bonchev–Trinajstić information content (AvgIpc) is 2.89. The van der Waals surface area contributed by atoms with Gasteiger partial charge in [0.15, 0.2) is 0 Å². The van der Waals surface area contributed by atoms with Crippen LogP contribution in [-0.2, 0) is 4.79 Å². The van der Waals surface area contributed by atoms with Crippen LogP contribution in [0.3, 0.4) is 0 Å². The van der Waals surface area contributed by atoms with Gasteiger partial charge in [-0.05, 0) is 18.6 Å². The van der Waals surface area contributed by atoms with Crippen molar-refractivity contribution >= 4 is 17.8 Å². The van der Waals surface area contributed by atoms with E-state index in [0.717, 1.165) is 5.56 Å².